The molecule has 1 unspecified atom stereocenters. The minimum atomic E-state index is -0.300. The average Bonchev–Trinajstić information content (AvgIpc) is 2.83. The van der Waals surface area contributed by atoms with Crippen LogP contribution < -0.4 is 5.32 Å². The van der Waals surface area contributed by atoms with Gasteiger partial charge in [0.15, 0.2) is 0 Å². The van der Waals surface area contributed by atoms with Crippen LogP contribution in [0.25, 0.3) is 0 Å². The number of nitrogens with one attached hydrogen (secondary N) is 1. The van der Waals surface area contributed by atoms with E-state index in [2.05, 4.69) is 17.0 Å². The largest absolute Gasteiger partial charge is 0.465 e. The molecule has 98 valence electrons. The Bertz CT molecular complexity index is 408. The second-order valence-electron chi connectivity index (χ2n) is 4.91. The van der Waals surface area contributed by atoms with Crippen molar-refractivity contribution >= 4 is 5.97 Å². The molecule has 1 aromatic rings. The van der Waals surface area contributed by atoms with E-state index in [-0.39, 0.29) is 11.5 Å². The minimum absolute atomic E-state index is 0.0705. The van der Waals surface area contributed by atoms with Crippen LogP contribution >= 0.6 is 0 Å². The fourth-order valence-corrected chi connectivity index (χ4v) is 2.00. The standard InChI is InChI=1S/C14H19NO3/c1-14(7-8-18-10-14)15-9-11-3-5-12(6-4-11)13(16)17-2/h3-6,15H,7-10H2,1-2H3. The molecule has 1 N–H and O–H groups in total. The van der Waals surface area contributed by atoms with Crippen molar-refractivity contribution < 1.29 is 14.3 Å². The van der Waals surface area contributed by atoms with Crippen molar-refractivity contribution in [2.24, 2.45) is 0 Å². The Morgan fingerprint density at radius 2 is 2.17 bits per heavy atom. The molecule has 1 aliphatic rings. The molecule has 1 saturated heterocycles. The lowest BCUT2D eigenvalue weighted by Gasteiger charge is -2.23. The highest BCUT2D eigenvalue weighted by Gasteiger charge is 2.28. The van der Waals surface area contributed by atoms with Gasteiger partial charge in [-0.2, -0.15) is 0 Å². The lowest BCUT2D eigenvalue weighted by atomic mass is 10.0. The van der Waals surface area contributed by atoms with Gasteiger partial charge in [0.05, 0.1) is 19.3 Å². The van der Waals surface area contributed by atoms with E-state index in [1.54, 1.807) is 12.1 Å². The summed E-state index contributed by atoms with van der Waals surface area (Å²) in [6, 6.07) is 7.46. The molecule has 1 aromatic carbocycles. The quantitative estimate of drug-likeness (QED) is 0.826. The van der Waals surface area contributed by atoms with Gasteiger partial charge in [-0.05, 0) is 31.0 Å². The Morgan fingerprint density at radius 3 is 2.72 bits per heavy atom. The van der Waals surface area contributed by atoms with E-state index in [0.29, 0.717) is 5.56 Å². The van der Waals surface area contributed by atoms with E-state index in [1.807, 2.05) is 12.1 Å². The fraction of sp³-hybridized carbons (Fsp3) is 0.500. The number of esters is 1. The molecule has 1 fully saturated rings. The molecule has 0 radical (unpaired) electrons. The lowest BCUT2D eigenvalue weighted by Crippen LogP contribution is -2.42. The normalized spacial score (nSPS) is 23.0. The second kappa shape index (κ2) is 5.50. The van der Waals surface area contributed by atoms with E-state index in [9.17, 15) is 4.79 Å². The molecule has 18 heavy (non-hydrogen) atoms. The summed E-state index contributed by atoms with van der Waals surface area (Å²) in [5.41, 5.74) is 1.80. The van der Waals surface area contributed by atoms with Gasteiger partial charge in [-0.3, -0.25) is 0 Å². The number of carbonyl (C=O) groups is 1. The van der Waals surface area contributed by atoms with Crippen LogP contribution in [0, 0.1) is 0 Å². The number of carbonyl (C=O) groups excluding carboxylic acids is 1. The van der Waals surface area contributed by atoms with E-state index in [1.165, 1.54) is 7.11 Å². The van der Waals surface area contributed by atoms with Crippen LogP contribution in [0.4, 0.5) is 0 Å². The van der Waals surface area contributed by atoms with Crippen molar-refractivity contribution in [1.29, 1.82) is 0 Å². The Kier molecular flexibility index (Phi) is 3.99. The van der Waals surface area contributed by atoms with Crippen molar-refractivity contribution in [3.8, 4) is 0 Å². The summed E-state index contributed by atoms with van der Waals surface area (Å²) in [4.78, 5) is 11.3. The van der Waals surface area contributed by atoms with Crippen molar-refractivity contribution in [3.63, 3.8) is 0 Å². The smallest absolute Gasteiger partial charge is 0.337 e. The zero-order valence-corrected chi connectivity index (χ0v) is 10.9. The summed E-state index contributed by atoms with van der Waals surface area (Å²) in [6.45, 7) is 4.53. The van der Waals surface area contributed by atoms with Crippen LogP contribution in [0.3, 0.4) is 0 Å². The molecule has 0 aromatic heterocycles. The summed E-state index contributed by atoms with van der Waals surface area (Å²) in [5.74, 6) is -0.300. The Morgan fingerprint density at radius 1 is 1.44 bits per heavy atom. The van der Waals surface area contributed by atoms with Crippen LogP contribution in [-0.2, 0) is 16.0 Å². The SMILES string of the molecule is COC(=O)c1ccc(CNC2(C)CCOC2)cc1. The third-order valence-electron chi connectivity index (χ3n) is 3.31. The van der Waals surface area contributed by atoms with Gasteiger partial charge in [0.2, 0.25) is 0 Å². The van der Waals surface area contributed by atoms with Gasteiger partial charge >= 0.3 is 5.97 Å². The number of hydrogen-bond donors (Lipinski definition) is 1. The van der Waals surface area contributed by atoms with Crippen LogP contribution in [0.5, 0.6) is 0 Å². The van der Waals surface area contributed by atoms with Gasteiger partial charge in [-0.25, -0.2) is 4.79 Å². The molecule has 0 amide bonds. The predicted molar refractivity (Wildman–Crippen MR) is 68.5 cm³/mol. The first-order valence-corrected chi connectivity index (χ1v) is 6.13. The van der Waals surface area contributed by atoms with Crippen molar-refractivity contribution in [3.05, 3.63) is 35.4 Å². The number of ether oxygens (including phenoxy) is 2. The molecule has 1 heterocycles. The summed E-state index contributed by atoms with van der Waals surface area (Å²) >= 11 is 0. The molecular weight excluding hydrogens is 230 g/mol. The number of rotatable bonds is 4. The lowest BCUT2D eigenvalue weighted by molar-refractivity contribution is 0.0600. The summed E-state index contributed by atoms with van der Waals surface area (Å²) in [5, 5.41) is 3.50. The summed E-state index contributed by atoms with van der Waals surface area (Å²) in [6.07, 6.45) is 1.03. The van der Waals surface area contributed by atoms with E-state index >= 15 is 0 Å². The molecule has 0 bridgehead atoms. The van der Waals surface area contributed by atoms with Crippen LogP contribution in [-0.4, -0.2) is 31.8 Å². The van der Waals surface area contributed by atoms with Crippen molar-refractivity contribution in [2.45, 2.75) is 25.4 Å². The van der Waals surface area contributed by atoms with Crippen LogP contribution in [0.1, 0.15) is 29.3 Å². The zero-order valence-electron chi connectivity index (χ0n) is 10.9. The maximum absolute atomic E-state index is 11.3. The summed E-state index contributed by atoms with van der Waals surface area (Å²) in [7, 11) is 1.39. The maximum atomic E-state index is 11.3. The monoisotopic (exact) mass is 249 g/mol. The van der Waals surface area contributed by atoms with Crippen molar-refractivity contribution in [1.82, 2.24) is 5.32 Å². The Hall–Kier alpha value is -1.39. The fourth-order valence-electron chi connectivity index (χ4n) is 2.00. The number of benzene rings is 1. The van der Waals surface area contributed by atoms with E-state index < -0.39 is 0 Å². The molecule has 2 rings (SSSR count). The Labute approximate surface area is 107 Å². The molecule has 4 nitrogen and oxygen atoms in total. The van der Waals surface area contributed by atoms with Crippen LogP contribution in [0.2, 0.25) is 0 Å². The average molecular weight is 249 g/mol. The van der Waals surface area contributed by atoms with E-state index in [0.717, 1.165) is 31.7 Å². The third kappa shape index (κ3) is 3.09. The van der Waals surface area contributed by atoms with Gasteiger partial charge in [0, 0.05) is 18.7 Å². The minimum Gasteiger partial charge on any atom is -0.465 e. The maximum Gasteiger partial charge on any atom is 0.337 e. The molecule has 0 aliphatic carbocycles. The van der Waals surface area contributed by atoms with Crippen molar-refractivity contribution in [2.75, 3.05) is 20.3 Å². The third-order valence-corrected chi connectivity index (χ3v) is 3.31. The first-order valence-electron chi connectivity index (χ1n) is 6.13. The van der Waals surface area contributed by atoms with Gasteiger partial charge in [0.1, 0.15) is 0 Å². The molecule has 1 aliphatic heterocycles. The number of methoxy groups -OCH3 is 1. The Balaban J connectivity index is 1.92. The van der Waals surface area contributed by atoms with Crippen LogP contribution in [0.15, 0.2) is 24.3 Å². The van der Waals surface area contributed by atoms with Gasteiger partial charge in [-0.15, -0.1) is 0 Å². The first-order chi connectivity index (χ1) is 8.63. The predicted octanol–water partition coefficient (Wildman–Crippen LogP) is 1.74. The molecular formula is C14H19NO3. The summed E-state index contributed by atoms with van der Waals surface area (Å²) < 4.78 is 10.1. The molecule has 1 atom stereocenters. The topological polar surface area (TPSA) is 47.6 Å². The highest BCUT2D eigenvalue weighted by molar-refractivity contribution is 5.89. The second-order valence-corrected chi connectivity index (χ2v) is 4.91. The zero-order chi connectivity index (χ0) is 13.0. The first kappa shape index (κ1) is 13.1. The van der Waals surface area contributed by atoms with Gasteiger partial charge < -0.3 is 14.8 Å². The molecule has 0 saturated carbocycles. The molecule has 0 spiro atoms. The molecule has 4 heteroatoms. The van der Waals surface area contributed by atoms with E-state index in [4.69, 9.17) is 4.74 Å². The number of hydrogen-bond acceptors (Lipinski definition) is 4. The van der Waals surface area contributed by atoms with Gasteiger partial charge in [0.25, 0.3) is 0 Å². The highest BCUT2D eigenvalue weighted by Crippen LogP contribution is 2.18. The highest BCUT2D eigenvalue weighted by atomic mass is 16.5. The van der Waals surface area contributed by atoms with Gasteiger partial charge in [-0.1, -0.05) is 12.1 Å².